The predicted molar refractivity (Wildman–Crippen MR) is 82.7 cm³/mol. The van der Waals surface area contributed by atoms with Gasteiger partial charge in [-0.3, -0.25) is 0 Å². The molecule has 0 saturated carbocycles. The number of aryl methyl sites for hydroxylation is 2. The van der Waals surface area contributed by atoms with E-state index in [1.807, 2.05) is 50.2 Å². The summed E-state index contributed by atoms with van der Waals surface area (Å²) >= 11 is 0. The summed E-state index contributed by atoms with van der Waals surface area (Å²) in [4.78, 5) is 0. The Morgan fingerprint density at radius 2 is 1.00 bits per heavy atom. The number of fused-ring (bicyclic) bond motifs is 5. The number of rotatable bonds is 0. The molecular formula is C18H12O3. The van der Waals surface area contributed by atoms with E-state index in [-0.39, 0.29) is 0 Å². The van der Waals surface area contributed by atoms with Gasteiger partial charge >= 0.3 is 0 Å². The second-order valence-electron chi connectivity index (χ2n) is 5.59. The summed E-state index contributed by atoms with van der Waals surface area (Å²) in [6.45, 7) is 3.91. The third-order valence-electron chi connectivity index (χ3n) is 3.99. The Morgan fingerprint density at radius 3 is 1.48 bits per heavy atom. The Bertz CT molecular complexity index is 1060. The zero-order valence-electron chi connectivity index (χ0n) is 11.7. The highest BCUT2D eigenvalue weighted by atomic mass is 16.3. The highest BCUT2D eigenvalue weighted by Crippen LogP contribution is 2.36. The zero-order chi connectivity index (χ0) is 14.1. The number of hydrogen-bond donors (Lipinski definition) is 0. The fraction of sp³-hybridized carbons (Fsp3) is 0.111. The molecule has 5 rings (SSSR count). The summed E-state index contributed by atoms with van der Waals surface area (Å²) < 4.78 is 17.4. The van der Waals surface area contributed by atoms with Crippen LogP contribution in [0.5, 0.6) is 0 Å². The molecule has 0 N–H and O–H groups in total. The highest BCUT2D eigenvalue weighted by Gasteiger charge is 2.13. The Hall–Kier alpha value is -2.68. The van der Waals surface area contributed by atoms with Gasteiger partial charge < -0.3 is 13.3 Å². The maximum absolute atomic E-state index is 6.00. The van der Waals surface area contributed by atoms with Crippen molar-refractivity contribution < 1.29 is 13.3 Å². The third kappa shape index (κ3) is 1.43. The Labute approximate surface area is 119 Å². The summed E-state index contributed by atoms with van der Waals surface area (Å²) in [6.07, 6.45) is 0. The van der Waals surface area contributed by atoms with Crippen LogP contribution in [0.4, 0.5) is 0 Å². The van der Waals surface area contributed by atoms with Gasteiger partial charge in [-0.05, 0) is 50.2 Å². The molecule has 0 spiro atoms. The van der Waals surface area contributed by atoms with Gasteiger partial charge in [0, 0.05) is 21.5 Å². The van der Waals surface area contributed by atoms with Gasteiger partial charge in [-0.1, -0.05) is 0 Å². The quantitative estimate of drug-likeness (QED) is 0.364. The SMILES string of the molecule is Cc1cc2cc3oc4cc5cc(C)oc5cc4c3cc2o1. The van der Waals surface area contributed by atoms with Crippen LogP contribution in [0.2, 0.25) is 0 Å². The molecule has 0 aliphatic carbocycles. The second-order valence-corrected chi connectivity index (χ2v) is 5.59. The molecule has 0 aliphatic heterocycles. The lowest BCUT2D eigenvalue weighted by molar-refractivity contribution is 0.578. The minimum absolute atomic E-state index is 0.877. The van der Waals surface area contributed by atoms with Crippen molar-refractivity contribution in [3.05, 3.63) is 47.9 Å². The molecule has 0 bridgehead atoms. The van der Waals surface area contributed by atoms with Crippen molar-refractivity contribution in [1.82, 2.24) is 0 Å². The second kappa shape index (κ2) is 3.50. The van der Waals surface area contributed by atoms with Crippen molar-refractivity contribution in [2.75, 3.05) is 0 Å². The molecule has 3 aromatic heterocycles. The number of benzene rings is 2. The largest absolute Gasteiger partial charge is 0.461 e. The molecule has 0 unspecified atom stereocenters. The molecule has 3 heterocycles. The molecule has 0 saturated heterocycles. The first-order valence-corrected chi connectivity index (χ1v) is 6.94. The van der Waals surface area contributed by atoms with Crippen LogP contribution in [-0.4, -0.2) is 0 Å². The van der Waals surface area contributed by atoms with Gasteiger partial charge in [-0.25, -0.2) is 0 Å². The molecule has 2 aromatic carbocycles. The zero-order valence-corrected chi connectivity index (χ0v) is 11.7. The van der Waals surface area contributed by atoms with Crippen molar-refractivity contribution in [1.29, 1.82) is 0 Å². The molecule has 0 amide bonds. The van der Waals surface area contributed by atoms with E-state index in [9.17, 15) is 0 Å². The fourth-order valence-electron chi connectivity index (χ4n) is 3.11. The van der Waals surface area contributed by atoms with E-state index < -0.39 is 0 Å². The average Bonchev–Trinajstić information content (AvgIpc) is 3.05. The van der Waals surface area contributed by atoms with E-state index in [1.54, 1.807) is 0 Å². The summed E-state index contributed by atoms with van der Waals surface area (Å²) in [6, 6.07) is 12.2. The van der Waals surface area contributed by atoms with Crippen LogP contribution >= 0.6 is 0 Å². The topological polar surface area (TPSA) is 39.4 Å². The van der Waals surface area contributed by atoms with Crippen molar-refractivity contribution in [3.63, 3.8) is 0 Å². The van der Waals surface area contributed by atoms with Gasteiger partial charge in [-0.2, -0.15) is 0 Å². The van der Waals surface area contributed by atoms with Crippen molar-refractivity contribution in [2.24, 2.45) is 0 Å². The molecular weight excluding hydrogens is 264 g/mol. The normalized spacial score (nSPS) is 12.3. The molecule has 3 heteroatoms. The van der Waals surface area contributed by atoms with Gasteiger partial charge in [0.05, 0.1) is 0 Å². The molecule has 21 heavy (non-hydrogen) atoms. The van der Waals surface area contributed by atoms with Gasteiger partial charge in [0.25, 0.3) is 0 Å². The molecule has 102 valence electrons. The van der Waals surface area contributed by atoms with Crippen LogP contribution < -0.4 is 0 Å². The van der Waals surface area contributed by atoms with Gasteiger partial charge in [0.15, 0.2) is 0 Å². The summed E-state index contributed by atoms with van der Waals surface area (Å²) in [5, 5.41) is 4.25. The summed E-state index contributed by atoms with van der Waals surface area (Å²) in [7, 11) is 0. The lowest BCUT2D eigenvalue weighted by atomic mass is 10.1. The number of furan rings is 3. The molecule has 3 nitrogen and oxygen atoms in total. The van der Waals surface area contributed by atoms with E-state index in [4.69, 9.17) is 13.3 Å². The van der Waals surface area contributed by atoms with E-state index in [2.05, 4.69) is 0 Å². The maximum atomic E-state index is 6.00. The Kier molecular flexibility index (Phi) is 1.84. The lowest BCUT2D eigenvalue weighted by Crippen LogP contribution is -1.68. The first-order valence-electron chi connectivity index (χ1n) is 6.94. The van der Waals surface area contributed by atoms with Crippen LogP contribution in [-0.2, 0) is 0 Å². The summed E-state index contributed by atoms with van der Waals surface area (Å²) in [5.41, 5.74) is 3.53. The molecule has 0 atom stereocenters. The van der Waals surface area contributed by atoms with Crippen LogP contribution in [0.15, 0.2) is 49.6 Å². The first kappa shape index (κ1) is 11.0. The average molecular weight is 276 g/mol. The van der Waals surface area contributed by atoms with E-state index in [1.165, 1.54) is 0 Å². The number of hydrogen-bond acceptors (Lipinski definition) is 3. The first-order chi connectivity index (χ1) is 10.2. The lowest BCUT2D eigenvalue weighted by Gasteiger charge is -1.91. The molecule has 0 radical (unpaired) electrons. The van der Waals surface area contributed by atoms with Crippen LogP contribution in [0.3, 0.4) is 0 Å². The van der Waals surface area contributed by atoms with E-state index in [0.29, 0.717) is 0 Å². The van der Waals surface area contributed by atoms with Gasteiger partial charge in [-0.15, -0.1) is 0 Å². The van der Waals surface area contributed by atoms with Crippen LogP contribution in [0.1, 0.15) is 11.5 Å². The van der Waals surface area contributed by atoms with Crippen molar-refractivity contribution in [3.8, 4) is 0 Å². The van der Waals surface area contributed by atoms with Crippen molar-refractivity contribution in [2.45, 2.75) is 13.8 Å². The molecule has 0 aliphatic rings. The maximum Gasteiger partial charge on any atom is 0.136 e. The Balaban J connectivity index is 1.97. The molecule has 5 aromatic rings. The van der Waals surface area contributed by atoms with E-state index in [0.717, 1.165) is 55.4 Å². The fourth-order valence-corrected chi connectivity index (χ4v) is 3.11. The highest BCUT2D eigenvalue weighted by molar-refractivity contribution is 6.12. The minimum atomic E-state index is 0.877. The van der Waals surface area contributed by atoms with Crippen LogP contribution in [0.25, 0.3) is 43.9 Å². The van der Waals surface area contributed by atoms with Crippen LogP contribution in [0, 0.1) is 13.8 Å². The predicted octanol–water partition coefficient (Wildman–Crippen LogP) is 5.70. The van der Waals surface area contributed by atoms with E-state index >= 15 is 0 Å². The third-order valence-corrected chi connectivity index (χ3v) is 3.99. The smallest absolute Gasteiger partial charge is 0.136 e. The monoisotopic (exact) mass is 276 g/mol. The van der Waals surface area contributed by atoms with Crippen molar-refractivity contribution >= 4 is 43.9 Å². The Morgan fingerprint density at radius 1 is 0.524 bits per heavy atom. The van der Waals surface area contributed by atoms with Gasteiger partial charge in [0.2, 0.25) is 0 Å². The minimum Gasteiger partial charge on any atom is -0.461 e. The standard InChI is InChI=1S/C18H12O3/c1-9-3-11-5-17-13(7-15(11)19-9)14-8-16-12(4-10(2)20-16)6-18(14)21-17/h3-8H,1-2H3. The molecule has 0 fully saturated rings. The van der Waals surface area contributed by atoms with Gasteiger partial charge in [0.1, 0.15) is 33.9 Å². The summed E-state index contributed by atoms with van der Waals surface area (Å²) in [5.74, 6) is 1.82.